The van der Waals surface area contributed by atoms with Gasteiger partial charge in [0.05, 0.1) is 29.7 Å². The van der Waals surface area contributed by atoms with Crippen LogP contribution in [-0.4, -0.2) is 43.6 Å². The van der Waals surface area contributed by atoms with Gasteiger partial charge in [-0.15, -0.1) is 0 Å². The molecule has 9 nitrogen and oxygen atoms in total. The predicted octanol–water partition coefficient (Wildman–Crippen LogP) is 4.64. The van der Waals surface area contributed by atoms with Gasteiger partial charge in [0.25, 0.3) is 5.91 Å². The number of carbonyl (C=O) groups is 3. The van der Waals surface area contributed by atoms with Crippen molar-refractivity contribution in [3.8, 4) is 11.1 Å². The van der Waals surface area contributed by atoms with Gasteiger partial charge in [-0.05, 0) is 53.1 Å². The van der Waals surface area contributed by atoms with Crippen molar-refractivity contribution in [2.24, 2.45) is 5.73 Å². The zero-order chi connectivity index (χ0) is 28.4. The van der Waals surface area contributed by atoms with Crippen LogP contribution in [0.25, 0.3) is 22.1 Å². The van der Waals surface area contributed by atoms with E-state index in [1.54, 1.807) is 42.5 Å². The number of halogens is 2. The number of fused-ring (bicyclic) bond motifs is 1. The molecule has 0 fully saturated rings. The first-order valence-corrected chi connectivity index (χ1v) is 13.8. The Bertz CT molecular complexity index is 1640. The van der Waals surface area contributed by atoms with Gasteiger partial charge >= 0.3 is 5.97 Å². The van der Waals surface area contributed by atoms with Crippen LogP contribution in [0.5, 0.6) is 0 Å². The van der Waals surface area contributed by atoms with Crippen LogP contribution in [-0.2, 0) is 27.1 Å². The van der Waals surface area contributed by atoms with Gasteiger partial charge < -0.3 is 21.0 Å². The van der Waals surface area contributed by atoms with E-state index >= 15 is 0 Å². The van der Waals surface area contributed by atoms with Gasteiger partial charge in [0, 0.05) is 22.2 Å². The lowest BCUT2D eigenvalue weighted by Gasteiger charge is -2.22. The normalized spacial score (nSPS) is 12.7. The molecule has 4 aromatic rings. The van der Waals surface area contributed by atoms with E-state index in [-0.39, 0.29) is 28.6 Å². The molecule has 0 bridgehead atoms. The maximum absolute atomic E-state index is 13.1. The molecule has 0 aliphatic carbocycles. The van der Waals surface area contributed by atoms with Crippen LogP contribution in [0.3, 0.4) is 0 Å². The maximum atomic E-state index is 13.1. The molecule has 0 radical (unpaired) electrons. The molecule has 2 atom stereocenters. The van der Waals surface area contributed by atoms with Crippen molar-refractivity contribution in [1.29, 1.82) is 0 Å². The minimum absolute atomic E-state index is 0.0421. The fourth-order valence-corrected chi connectivity index (χ4v) is 5.25. The van der Waals surface area contributed by atoms with Crippen LogP contribution in [0.4, 0.5) is 5.69 Å². The van der Waals surface area contributed by atoms with Crippen molar-refractivity contribution in [1.82, 2.24) is 4.31 Å². The SMILES string of the molecule is CS(=O)N(Cc1cccc(-c2ccc3c(N)c(C(=O)c4ccc(Cl)cc4Cl)oc3c2)c1)C(=O)C(N)CC(=O)O. The van der Waals surface area contributed by atoms with Crippen molar-refractivity contribution in [3.05, 3.63) is 87.6 Å². The number of ketones is 1. The van der Waals surface area contributed by atoms with Crippen molar-refractivity contribution < 1.29 is 28.1 Å². The van der Waals surface area contributed by atoms with Crippen LogP contribution < -0.4 is 11.5 Å². The van der Waals surface area contributed by atoms with E-state index < -0.39 is 41.1 Å². The number of carbonyl (C=O) groups excluding carboxylic acids is 2. The molecule has 3 aromatic carbocycles. The van der Waals surface area contributed by atoms with E-state index in [4.69, 9.17) is 44.2 Å². The minimum Gasteiger partial charge on any atom is -0.481 e. The second-order valence-corrected chi connectivity index (χ2v) is 10.8. The molecule has 0 saturated carbocycles. The number of carboxylic acids is 1. The first-order valence-electron chi connectivity index (χ1n) is 11.5. The fraction of sp³-hybridized carbons (Fsp3) is 0.148. The number of anilines is 1. The first kappa shape index (κ1) is 28.3. The van der Waals surface area contributed by atoms with Crippen molar-refractivity contribution in [2.75, 3.05) is 12.0 Å². The number of carboxylic acid groups (broad SMARTS) is 1. The Hall–Kier alpha value is -3.70. The second-order valence-electron chi connectivity index (χ2n) is 8.71. The highest BCUT2D eigenvalue weighted by molar-refractivity contribution is 7.82. The number of nitrogens with zero attached hydrogens (tertiary/aromatic N) is 1. The molecule has 39 heavy (non-hydrogen) atoms. The summed E-state index contributed by atoms with van der Waals surface area (Å²) in [7, 11) is -1.73. The Morgan fingerprint density at radius 3 is 2.44 bits per heavy atom. The number of rotatable bonds is 9. The number of nitrogen functional groups attached to an aromatic ring is 1. The summed E-state index contributed by atoms with van der Waals surface area (Å²) in [6, 6.07) is 15.6. The summed E-state index contributed by atoms with van der Waals surface area (Å²) in [5, 5.41) is 10.1. The molecule has 1 aromatic heterocycles. The third-order valence-electron chi connectivity index (χ3n) is 5.96. The fourth-order valence-electron chi connectivity index (χ4n) is 4.03. The first-order chi connectivity index (χ1) is 18.5. The molecule has 202 valence electrons. The lowest BCUT2D eigenvalue weighted by molar-refractivity contribution is -0.140. The van der Waals surface area contributed by atoms with Crippen LogP contribution in [0.1, 0.15) is 28.1 Å². The average molecular weight is 588 g/mol. The van der Waals surface area contributed by atoms with E-state index in [9.17, 15) is 18.6 Å². The minimum atomic E-state index is -1.73. The van der Waals surface area contributed by atoms with E-state index in [1.165, 1.54) is 18.4 Å². The Morgan fingerprint density at radius 2 is 1.77 bits per heavy atom. The van der Waals surface area contributed by atoms with Crippen LogP contribution in [0, 0.1) is 0 Å². The monoisotopic (exact) mass is 587 g/mol. The molecule has 0 spiro atoms. The molecular weight excluding hydrogens is 565 g/mol. The lowest BCUT2D eigenvalue weighted by atomic mass is 10.0. The second kappa shape index (κ2) is 11.6. The average Bonchev–Trinajstić information content (AvgIpc) is 3.21. The van der Waals surface area contributed by atoms with E-state index in [0.717, 1.165) is 15.4 Å². The Kier molecular flexibility index (Phi) is 8.41. The number of hydrogen-bond acceptors (Lipinski definition) is 7. The van der Waals surface area contributed by atoms with Gasteiger partial charge in [-0.25, -0.2) is 4.21 Å². The number of aliphatic carboxylic acids is 1. The maximum Gasteiger partial charge on any atom is 0.305 e. The highest BCUT2D eigenvalue weighted by Crippen LogP contribution is 2.35. The van der Waals surface area contributed by atoms with E-state index in [1.807, 2.05) is 6.07 Å². The molecule has 1 amide bonds. The lowest BCUT2D eigenvalue weighted by Crippen LogP contribution is -2.45. The number of benzene rings is 3. The molecule has 2 unspecified atom stereocenters. The van der Waals surface area contributed by atoms with Crippen molar-refractivity contribution in [2.45, 2.75) is 19.0 Å². The molecule has 0 aliphatic rings. The Morgan fingerprint density at radius 1 is 1.05 bits per heavy atom. The van der Waals surface area contributed by atoms with E-state index in [0.29, 0.717) is 21.6 Å². The largest absolute Gasteiger partial charge is 0.481 e. The summed E-state index contributed by atoms with van der Waals surface area (Å²) in [6.07, 6.45) is 0.744. The molecule has 4 rings (SSSR count). The third-order valence-corrected chi connectivity index (χ3v) is 7.44. The summed E-state index contributed by atoms with van der Waals surface area (Å²) in [6.45, 7) is -0.0421. The van der Waals surface area contributed by atoms with Gasteiger partial charge in [-0.2, -0.15) is 0 Å². The van der Waals surface area contributed by atoms with Gasteiger partial charge in [-0.1, -0.05) is 47.5 Å². The Labute approximate surface area is 235 Å². The highest BCUT2D eigenvalue weighted by atomic mass is 35.5. The number of nitrogens with two attached hydrogens (primary N) is 2. The summed E-state index contributed by atoms with van der Waals surface area (Å²) >= 11 is 12.1. The summed E-state index contributed by atoms with van der Waals surface area (Å²) in [5.74, 6) is -2.48. The molecular formula is C27H23Cl2N3O6S. The van der Waals surface area contributed by atoms with E-state index in [2.05, 4.69) is 0 Å². The summed E-state index contributed by atoms with van der Waals surface area (Å²) in [5.41, 5.74) is 14.8. The van der Waals surface area contributed by atoms with Crippen LogP contribution >= 0.6 is 23.2 Å². The molecule has 12 heteroatoms. The summed E-state index contributed by atoms with van der Waals surface area (Å²) in [4.78, 5) is 36.7. The smallest absolute Gasteiger partial charge is 0.305 e. The highest BCUT2D eigenvalue weighted by Gasteiger charge is 2.26. The quantitative estimate of drug-likeness (QED) is 0.239. The summed E-state index contributed by atoms with van der Waals surface area (Å²) < 4.78 is 19.1. The van der Waals surface area contributed by atoms with Crippen LogP contribution in [0.2, 0.25) is 10.0 Å². The topological polar surface area (TPSA) is 157 Å². The van der Waals surface area contributed by atoms with Gasteiger partial charge in [0.1, 0.15) is 16.6 Å². The van der Waals surface area contributed by atoms with Crippen LogP contribution in [0.15, 0.2) is 65.1 Å². The van der Waals surface area contributed by atoms with Gasteiger partial charge in [0.2, 0.25) is 5.78 Å². The number of hydrogen-bond donors (Lipinski definition) is 3. The molecule has 5 N–H and O–H groups in total. The Balaban J connectivity index is 1.63. The van der Waals surface area contributed by atoms with Gasteiger partial charge in [0.15, 0.2) is 5.76 Å². The zero-order valence-electron chi connectivity index (χ0n) is 20.5. The van der Waals surface area contributed by atoms with Crippen molar-refractivity contribution >= 4 is 68.5 Å². The number of furan rings is 1. The standard InChI is InChI=1S/C27H23Cl2N3O6S/c1-39(37)32(27(36)21(30)12-23(33)34)13-14-3-2-4-15(9-14)16-5-7-19-22(10-16)38-26(24(19)31)25(35)18-8-6-17(28)11-20(18)29/h2-11,21H,12-13,30-31H2,1H3,(H,33,34). The molecule has 0 aliphatic heterocycles. The predicted molar refractivity (Wildman–Crippen MR) is 151 cm³/mol. The third kappa shape index (κ3) is 6.15. The van der Waals surface area contributed by atoms with Crippen molar-refractivity contribution in [3.63, 3.8) is 0 Å². The zero-order valence-corrected chi connectivity index (χ0v) is 22.8. The van der Waals surface area contributed by atoms with Gasteiger partial charge in [-0.3, -0.25) is 18.7 Å². The number of amides is 1. The molecule has 1 heterocycles. The molecule has 0 saturated heterocycles.